The monoisotopic (exact) mass is 341 g/mol. The van der Waals surface area contributed by atoms with Gasteiger partial charge in [-0.05, 0) is 47.4 Å². The van der Waals surface area contributed by atoms with Crippen molar-refractivity contribution in [1.82, 2.24) is 0 Å². The van der Waals surface area contributed by atoms with Crippen LogP contribution in [-0.4, -0.2) is 23.5 Å². The van der Waals surface area contributed by atoms with Gasteiger partial charge in [-0.1, -0.05) is 18.2 Å². The summed E-state index contributed by atoms with van der Waals surface area (Å²) in [5.41, 5.74) is 3.09. The number of benzene rings is 1. The second-order valence-corrected chi connectivity index (χ2v) is 7.87. The van der Waals surface area contributed by atoms with Crippen molar-refractivity contribution in [3.63, 3.8) is 0 Å². The number of aliphatic carboxylic acids is 1. The molecular weight excluding hydrogens is 322 g/mol. The number of hydrogen-bond donors (Lipinski definition) is 1. The van der Waals surface area contributed by atoms with Gasteiger partial charge < -0.3 is 10.0 Å². The lowest BCUT2D eigenvalue weighted by Gasteiger charge is -2.31. The molecule has 5 heteroatoms. The second kappa shape index (κ2) is 5.52. The molecule has 1 aliphatic carbocycles. The number of carboxylic acid groups (broad SMARTS) is 1. The van der Waals surface area contributed by atoms with Crippen molar-refractivity contribution in [1.29, 1.82) is 0 Å². The fourth-order valence-electron chi connectivity index (χ4n) is 4.26. The van der Waals surface area contributed by atoms with Gasteiger partial charge >= 0.3 is 5.97 Å². The minimum absolute atomic E-state index is 0.0296. The predicted molar refractivity (Wildman–Crippen MR) is 94.7 cm³/mol. The number of hydrogen-bond acceptors (Lipinski definition) is 3. The molecule has 0 bridgehead atoms. The number of anilines is 1. The standard InChI is InChI=1S/C19H19NO3S/c1-10-5-11(2)7-13(6-10)20-9-12-8-15-14(3-4-24-15)17(19(22)23)16(12)18(20)21/h3-8,12,14,16-17H,9H2,1-2H3,(H,22,23)/t12-,14-,16-,17+/m0/s1. The average Bonchev–Trinajstić information content (AvgIpc) is 3.08. The van der Waals surface area contributed by atoms with Crippen molar-refractivity contribution in [2.45, 2.75) is 13.8 Å². The Labute approximate surface area is 145 Å². The first-order valence-electron chi connectivity index (χ1n) is 8.13. The van der Waals surface area contributed by atoms with Crippen molar-refractivity contribution >= 4 is 29.3 Å². The van der Waals surface area contributed by atoms with Gasteiger partial charge in [0.05, 0.1) is 11.8 Å². The topological polar surface area (TPSA) is 57.6 Å². The summed E-state index contributed by atoms with van der Waals surface area (Å²) in [6.07, 6.45) is 4.05. The highest BCUT2D eigenvalue weighted by Crippen LogP contribution is 2.51. The molecule has 1 amide bonds. The summed E-state index contributed by atoms with van der Waals surface area (Å²) in [6, 6.07) is 6.08. The first kappa shape index (κ1) is 15.5. The lowest BCUT2D eigenvalue weighted by atomic mass is 9.71. The van der Waals surface area contributed by atoms with Gasteiger partial charge in [0.15, 0.2) is 0 Å². The maximum absolute atomic E-state index is 13.1. The molecule has 1 aromatic rings. The van der Waals surface area contributed by atoms with Crippen LogP contribution in [0.4, 0.5) is 5.69 Å². The molecule has 4 nitrogen and oxygen atoms in total. The number of fused-ring (bicyclic) bond motifs is 2. The molecule has 1 saturated heterocycles. The molecule has 0 aromatic heterocycles. The Morgan fingerprint density at radius 2 is 1.96 bits per heavy atom. The Morgan fingerprint density at radius 1 is 1.25 bits per heavy atom. The van der Waals surface area contributed by atoms with E-state index in [-0.39, 0.29) is 17.7 Å². The smallest absolute Gasteiger partial charge is 0.308 e. The molecule has 4 atom stereocenters. The molecule has 2 aliphatic heterocycles. The summed E-state index contributed by atoms with van der Waals surface area (Å²) in [6.45, 7) is 4.59. The molecule has 1 fully saturated rings. The number of carboxylic acids is 1. The van der Waals surface area contributed by atoms with Crippen molar-refractivity contribution in [3.8, 4) is 0 Å². The van der Waals surface area contributed by atoms with Crippen LogP contribution in [-0.2, 0) is 9.59 Å². The van der Waals surface area contributed by atoms with Crippen LogP contribution in [0.1, 0.15) is 11.1 Å². The Bertz CT molecular complexity index is 778. The highest BCUT2D eigenvalue weighted by atomic mass is 32.2. The molecule has 2 heterocycles. The number of rotatable bonds is 2. The largest absolute Gasteiger partial charge is 0.481 e. The Kier molecular flexibility index (Phi) is 3.57. The van der Waals surface area contributed by atoms with Crippen LogP contribution < -0.4 is 4.90 Å². The molecule has 3 aliphatic rings. The number of nitrogens with zero attached hydrogens (tertiary/aromatic N) is 1. The fraction of sp³-hybridized carbons (Fsp3) is 0.368. The van der Waals surface area contributed by atoms with E-state index in [1.54, 1.807) is 16.7 Å². The third-order valence-electron chi connectivity index (χ3n) is 5.18. The van der Waals surface area contributed by atoms with E-state index in [9.17, 15) is 14.7 Å². The van der Waals surface area contributed by atoms with E-state index in [0.717, 1.165) is 21.7 Å². The lowest BCUT2D eigenvalue weighted by Crippen LogP contribution is -2.39. The molecule has 0 saturated carbocycles. The number of thioether (sulfide) groups is 1. The molecule has 124 valence electrons. The van der Waals surface area contributed by atoms with Gasteiger partial charge in [0, 0.05) is 24.1 Å². The van der Waals surface area contributed by atoms with Crippen molar-refractivity contribution in [2.24, 2.45) is 23.7 Å². The first-order chi connectivity index (χ1) is 11.5. The highest BCUT2D eigenvalue weighted by molar-refractivity contribution is 8.06. The average molecular weight is 341 g/mol. The lowest BCUT2D eigenvalue weighted by molar-refractivity contribution is -0.148. The zero-order chi connectivity index (χ0) is 17.0. The Balaban J connectivity index is 1.74. The second-order valence-electron chi connectivity index (χ2n) is 6.89. The summed E-state index contributed by atoms with van der Waals surface area (Å²) in [5, 5.41) is 11.7. The first-order valence-corrected chi connectivity index (χ1v) is 9.01. The molecule has 0 spiro atoms. The van der Waals surface area contributed by atoms with E-state index in [4.69, 9.17) is 0 Å². The summed E-state index contributed by atoms with van der Waals surface area (Å²) in [7, 11) is 0. The minimum atomic E-state index is -0.872. The van der Waals surface area contributed by atoms with E-state index < -0.39 is 17.8 Å². The summed E-state index contributed by atoms with van der Waals surface area (Å²) in [5.74, 6) is -2.25. The van der Waals surface area contributed by atoms with Crippen LogP contribution in [0, 0.1) is 37.5 Å². The van der Waals surface area contributed by atoms with Crippen LogP contribution in [0.2, 0.25) is 0 Å². The van der Waals surface area contributed by atoms with Crippen molar-refractivity contribution in [3.05, 3.63) is 51.8 Å². The molecule has 1 N–H and O–H groups in total. The number of carbonyl (C=O) groups excluding carboxylic acids is 1. The fourth-order valence-corrected chi connectivity index (χ4v) is 5.30. The molecule has 0 unspecified atom stereocenters. The number of aryl methyl sites for hydroxylation is 2. The van der Waals surface area contributed by atoms with Crippen LogP contribution in [0.3, 0.4) is 0 Å². The molecular formula is C19H19NO3S. The number of amides is 1. The van der Waals surface area contributed by atoms with Gasteiger partial charge in [-0.3, -0.25) is 9.59 Å². The van der Waals surface area contributed by atoms with E-state index in [1.165, 1.54) is 0 Å². The normalized spacial score (nSPS) is 31.0. The number of allylic oxidation sites excluding steroid dienone is 2. The maximum atomic E-state index is 13.1. The van der Waals surface area contributed by atoms with E-state index in [0.29, 0.717) is 6.54 Å². The zero-order valence-corrected chi connectivity index (χ0v) is 14.4. The Morgan fingerprint density at radius 3 is 2.62 bits per heavy atom. The van der Waals surface area contributed by atoms with Gasteiger partial charge in [-0.2, -0.15) is 0 Å². The summed E-state index contributed by atoms with van der Waals surface area (Å²) >= 11 is 1.59. The van der Waals surface area contributed by atoms with Gasteiger partial charge in [0.1, 0.15) is 0 Å². The third-order valence-corrected chi connectivity index (χ3v) is 6.15. The quantitative estimate of drug-likeness (QED) is 0.896. The molecule has 1 aromatic carbocycles. The predicted octanol–water partition coefficient (Wildman–Crippen LogP) is 3.36. The highest BCUT2D eigenvalue weighted by Gasteiger charge is 2.53. The SMILES string of the molecule is Cc1cc(C)cc(N2C[C@@H]3C=C4SC=C[C@@H]4[C@@H](C(=O)O)[C@H]3C2=O)c1. The van der Waals surface area contributed by atoms with Crippen LogP contribution in [0.5, 0.6) is 0 Å². The minimum Gasteiger partial charge on any atom is -0.481 e. The summed E-state index contributed by atoms with van der Waals surface area (Å²) < 4.78 is 0. The van der Waals surface area contributed by atoms with Gasteiger partial charge in [-0.25, -0.2) is 0 Å². The molecule has 4 rings (SSSR count). The van der Waals surface area contributed by atoms with Crippen LogP contribution in [0.25, 0.3) is 0 Å². The third kappa shape index (κ3) is 2.30. The van der Waals surface area contributed by atoms with Crippen LogP contribution in [0.15, 0.2) is 40.7 Å². The van der Waals surface area contributed by atoms with E-state index in [2.05, 4.69) is 12.1 Å². The maximum Gasteiger partial charge on any atom is 0.308 e. The van der Waals surface area contributed by atoms with Gasteiger partial charge in [0.2, 0.25) is 5.91 Å². The van der Waals surface area contributed by atoms with Gasteiger partial charge in [0.25, 0.3) is 0 Å². The van der Waals surface area contributed by atoms with Crippen LogP contribution >= 0.6 is 11.8 Å². The van der Waals surface area contributed by atoms with Crippen molar-refractivity contribution in [2.75, 3.05) is 11.4 Å². The number of carbonyl (C=O) groups is 2. The van der Waals surface area contributed by atoms with E-state index >= 15 is 0 Å². The zero-order valence-electron chi connectivity index (χ0n) is 13.6. The van der Waals surface area contributed by atoms with Crippen molar-refractivity contribution < 1.29 is 14.7 Å². The van der Waals surface area contributed by atoms with Gasteiger partial charge in [-0.15, -0.1) is 11.8 Å². The molecule has 24 heavy (non-hydrogen) atoms. The van der Waals surface area contributed by atoms with E-state index in [1.807, 2.05) is 37.5 Å². The summed E-state index contributed by atoms with van der Waals surface area (Å²) in [4.78, 5) is 27.8. The molecule has 0 radical (unpaired) electrons. The Hall–Kier alpha value is -2.01.